The number of rotatable bonds is 24. The Hall–Kier alpha value is -5.82. The SMILES string of the molecule is CSCC[C@H](NC(=O)[C@@H](NC(=O)[C@@H](NC(=O)[C@H](Cc1ccc(O)cc1)NC(=O)[C@H](Cc1c[nH]c2ccccc12)NC(=O)[C@@H](N)CCCN=C(N)N)C(C)C)C(C)C)C(=O)O. The van der Waals surface area contributed by atoms with Gasteiger partial charge in [-0.15, -0.1) is 0 Å². The average Bonchev–Trinajstić information content (AvgIpc) is 3.61. The summed E-state index contributed by atoms with van der Waals surface area (Å²) in [5.74, 6) is -5.23. The molecule has 1 aromatic heterocycles. The minimum atomic E-state index is -1.30. The van der Waals surface area contributed by atoms with Crippen LogP contribution in [0.5, 0.6) is 5.75 Å². The van der Waals surface area contributed by atoms with E-state index in [4.69, 9.17) is 17.2 Å². The number of carbonyl (C=O) groups excluding carboxylic acids is 5. The molecule has 0 spiro atoms. The highest BCUT2D eigenvalue weighted by Gasteiger charge is 2.35. The highest BCUT2D eigenvalue weighted by molar-refractivity contribution is 7.98. The van der Waals surface area contributed by atoms with E-state index in [2.05, 4.69) is 36.6 Å². The van der Waals surface area contributed by atoms with Crippen LogP contribution >= 0.6 is 11.8 Å². The number of para-hydroxylation sites is 1. The number of phenolic OH excluding ortho intramolecular Hbond substituents is 1. The lowest BCUT2D eigenvalue weighted by molar-refractivity contribution is -0.142. The smallest absolute Gasteiger partial charge is 0.326 e. The van der Waals surface area contributed by atoms with E-state index in [-0.39, 0.29) is 43.9 Å². The van der Waals surface area contributed by atoms with Gasteiger partial charge in [-0.3, -0.25) is 29.0 Å². The normalized spacial score (nSPS) is 14.3. The summed E-state index contributed by atoms with van der Waals surface area (Å²) >= 11 is 1.43. The number of hydrogen-bond acceptors (Lipinski definition) is 10. The number of nitrogens with zero attached hydrogens (tertiary/aromatic N) is 1. The molecule has 1 heterocycles. The summed E-state index contributed by atoms with van der Waals surface area (Å²) in [4.78, 5) is 88.1. The molecular formula is C41H60N10O8S. The van der Waals surface area contributed by atoms with Crippen molar-refractivity contribution in [1.29, 1.82) is 0 Å². The first-order valence-electron chi connectivity index (χ1n) is 19.8. The van der Waals surface area contributed by atoms with Crippen LogP contribution in [0.1, 0.15) is 58.1 Å². The molecule has 0 bridgehead atoms. The molecule has 3 rings (SSSR count). The molecule has 0 radical (unpaired) electrons. The van der Waals surface area contributed by atoms with E-state index in [1.54, 1.807) is 46.0 Å². The van der Waals surface area contributed by atoms with Crippen LogP contribution in [-0.4, -0.2) is 111 Å². The van der Waals surface area contributed by atoms with Crippen molar-refractivity contribution in [2.75, 3.05) is 18.6 Å². The maximum Gasteiger partial charge on any atom is 0.326 e. The Morgan fingerprint density at radius 1 is 0.733 bits per heavy atom. The van der Waals surface area contributed by atoms with E-state index < -0.39 is 83.6 Å². The number of carbonyl (C=O) groups is 6. The van der Waals surface area contributed by atoms with Gasteiger partial charge in [-0.25, -0.2) is 4.79 Å². The average molecular weight is 853 g/mol. The third kappa shape index (κ3) is 15.1. The molecule has 6 atom stereocenters. The molecule has 2 aromatic carbocycles. The number of carboxylic acid groups (broad SMARTS) is 1. The number of hydrogen-bond donors (Lipinski definition) is 11. The number of aliphatic carboxylic acids is 1. The van der Waals surface area contributed by atoms with Crippen molar-refractivity contribution in [2.45, 2.75) is 96.1 Å². The molecule has 0 aliphatic rings. The van der Waals surface area contributed by atoms with Crippen LogP contribution in [0.25, 0.3) is 10.9 Å². The van der Waals surface area contributed by atoms with E-state index in [0.29, 0.717) is 23.3 Å². The maximum atomic E-state index is 14.3. The molecule has 0 saturated carbocycles. The molecule has 0 unspecified atom stereocenters. The number of aromatic amines is 1. The topological polar surface area (TPSA) is 309 Å². The number of aromatic nitrogens is 1. The summed E-state index contributed by atoms with van der Waals surface area (Å²) in [5.41, 5.74) is 19.1. The standard InChI is InChI=1S/C41H60N10O8S/c1-22(2)33(38(56)47-30(40(58)59)16-18-60-5)51-39(57)34(23(3)4)50-37(55)31(19-24-12-14-26(52)15-13-24)49-36(54)32(20-25-21-46-29-11-7-6-9-27(25)29)48-35(53)28(42)10-8-17-45-41(43)44/h6-7,9,11-15,21-23,28,30-34,46,52H,8,10,16-20,42H2,1-5H3,(H,47,56)(H,48,53)(H,49,54)(H,50,55)(H,51,57)(H,58,59)(H4,43,44,45)/t28-,30-,31-,32-,33-,34-/m0/s1. The van der Waals surface area contributed by atoms with Crippen LogP contribution < -0.4 is 43.8 Å². The molecule has 60 heavy (non-hydrogen) atoms. The van der Waals surface area contributed by atoms with Gasteiger partial charge in [-0.1, -0.05) is 58.0 Å². The Labute approximate surface area is 354 Å². The number of H-pyrrole nitrogens is 1. The predicted molar refractivity (Wildman–Crippen MR) is 232 cm³/mol. The molecule has 328 valence electrons. The number of aromatic hydroxyl groups is 1. The van der Waals surface area contributed by atoms with Gasteiger partial charge in [0.1, 0.15) is 36.0 Å². The summed E-state index contributed by atoms with van der Waals surface area (Å²) < 4.78 is 0. The van der Waals surface area contributed by atoms with Crippen LogP contribution in [-0.2, 0) is 41.6 Å². The van der Waals surface area contributed by atoms with Crippen LogP contribution in [0.2, 0.25) is 0 Å². The van der Waals surface area contributed by atoms with E-state index in [9.17, 15) is 39.0 Å². The van der Waals surface area contributed by atoms with Crippen LogP contribution in [0, 0.1) is 11.8 Å². The van der Waals surface area contributed by atoms with Crippen molar-refractivity contribution in [2.24, 2.45) is 34.0 Å². The number of phenols is 1. The predicted octanol–water partition coefficient (Wildman–Crippen LogP) is 0.613. The number of carboxylic acids is 1. The highest BCUT2D eigenvalue weighted by Crippen LogP contribution is 2.20. The number of amides is 5. The van der Waals surface area contributed by atoms with Crippen molar-refractivity contribution in [1.82, 2.24) is 31.6 Å². The number of fused-ring (bicyclic) bond motifs is 1. The van der Waals surface area contributed by atoms with Gasteiger partial charge in [-0.2, -0.15) is 11.8 Å². The third-order valence-electron chi connectivity index (χ3n) is 9.76. The lowest BCUT2D eigenvalue weighted by Crippen LogP contribution is -2.61. The van der Waals surface area contributed by atoms with Crippen molar-refractivity contribution < 1.29 is 39.0 Å². The van der Waals surface area contributed by atoms with Crippen molar-refractivity contribution in [3.63, 3.8) is 0 Å². The van der Waals surface area contributed by atoms with Crippen LogP contribution in [0.4, 0.5) is 0 Å². The Balaban J connectivity index is 1.90. The second kappa shape index (κ2) is 23.7. The minimum Gasteiger partial charge on any atom is -0.508 e. The van der Waals surface area contributed by atoms with Gasteiger partial charge in [0.2, 0.25) is 29.5 Å². The number of thioether (sulfide) groups is 1. The molecule has 5 amide bonds. The zero-order valence-electron chi connectivity index (χ0n) is 34.7. The fourth-order valence-corrected chi connectivity index (χ4v) is 6.80. The first-order chi connectivity index (χ1) is 28.4. The van der Waals surface area contributed by atoms with Gasteiger partial charge >= 0.3 is 5.97 Å². The van der Waals surface area contributed by atoms with Gasteiger partial charge in [0.05, 0.1) is 6.04 Å². The number of benzene rings is 2. The molecule has 19 heteroatoms. The number of nitrogens with one attached hydrogen (secondary N) is 6. The van der Waals surface area contributed by atoms with Crippen molar-refractivity contribution in [3.05, 3.63) is 65.9 Å². The maximum absolute atomic E-state index is 14.3. The van der Waals surface area contributed by atoms with Crippen molar-refractivity contribution in [3.8, 4) is 5.75 Å². The molecule has 0 saturated heterocycles. The van der Waals surface area contributed by atoms with E-state index in [1.807, 2.05) is 30.5 Å². The Morgan fingerprint density at radius 2 is 1.28 bits per heavy atom. The summed E-state index contributed by atoms with van der Waals surface area (Å²) in [7, 11) is 0. The monoisotopic (exact) mass is 852 g/mol. The second-order valence-corrected chi connectivity index (χ2v) is 16.2. The largest absolute Gasteiger partial charge is 0.508 e. The molecular weight excluding hydrogens is 793 g/mol. The number of guanidine groups is 1. The highest BCUT2D eigenvalue weighted by atomic mass is 32.2. The first kappa shape index (κ1) is 48.5. The van der Waals surface area contributed by atoms with Gasteiger partial charge in [0, 0.05) is 36.5 Å². The second-order valence-electron chi connectivity index (χ2n) is 15.3. The van der Waals surface area contributed by atoms with Gasteiger partial charge < -0.3 is 59.0 Å². The van der Waals surface area contributed by atoms with Crippen LogP contribution in [0.15, 0.2) is 59.7 Å². The van der Waals surface area contributed by atoms with E-state index in [0.717, 1.165) is 10.9 Å². The zero-order chi connectivity index (χ0) is 44.5. The van der Waals surface area contributed by atoms with Gasteiger partial charge in [0.25, 0.3) is 0 Å². The van der Waals surface area contributed by atoms with Crippen molar-refractivity contribution >= 4 is 64.1 Å². The minimum absolute atomic E-state index is 0.0147. The molecule has 18 nitrogen and oxygen atoms in total. The Bertz CT molecular complexity index is 1950. The molecule has 0 aliphatic carbocycles. The lowest BCUT2D eigenvalue weighted by Gasteiger charge is -2.29. The van der Waals surface area contributed by atoms with Gasteiger partial charge in [-0.05, 0) is 72.4 Å². The molecule has 3 aromatic rings. The number of aliphatic imine (C=N–C) groups is 1. The Kier molecular flexibility index (Phi) is 19.2. The summed E-state index contributed by atoms with van der Waals surface area (Å²) in [6.07, 6.45) is 4.28. The molecule has 0 aliphatic heterocycles. The number of nitrogens with two attached hydrogens (primary N) is 3. The quantitative estimate of drug-likeness (QED) is 0.0336. The fourth-order valence-electron chi connectivity index (χ4n) is 6.33. The lowest BCUT2D eigenvalue weighted by atomic mass is 9.98. The Morgan fingerprint density at radius 3 is 1.88 bits per heavy atom. The zero-order valence-corrected chi connectivity index (χ0v) is 35.5. The fraction of sp³-hybridized carbons (Fsp3) is 0.488. The summed E-state index contributed by atoms with van der Waals surface area (Å²) in [6, 6.07) is 6.43. The van der Waals surface area contributed by atoms with Gasteiger partial charge in [0.15, 0.2) is 5.96 Å². The third-order valence-corrected chi connectivity index (χ3v) is 10.4. The first-order valence-corrected chi connectivity index (χ1v) is 21.2. The molecule has 0 fully saturated rings. The summed E-state index contributed by atoms with van der Waals surface area (Å²) in [6.45, 7) is 7.03. The molecule has 14 N–H and O–H groups in total. The van der Waals surface area contributed by atoms with E-state index >= 15 is 0 Å². The summed E-state index contributed by atoms with van der Waals surface area (Å²) in [5, 5.41) is 33.9. The van der Waals surface area contributed by atoms with E-state index in [1.165, 1.54) is 23.9 Å². The van der Waals surface area contributed by atoms with Crippen LogP contribution in [0.3, 0.4) is 0 Å².